The zero-order valence-corrected chi connectivity index (χ0v) is 21.6. The van der Waals surface area contributed by atoms with E-state index in [-0.39, 0.29) is 11.7 Å². The number of carbonyl (C=O) groups is 1. The molecule has 188 valence electrons. The van der Waals surface area contributed by atoms with Crippen LogP contribution in [0.2, 0.25) is 0 Å². The molecule has 1 N–H and O–H groups in total. The molecule has 0 aliphatic rings. The Balaban J connectivity index is 2.36. The molecule has 0 fully saturated rings. The molecule has 36 heavy (non-hydrogen) atoms. The van der Waals surface area contributed by atoms with Gasteiger partial charge in [0, 0.05) is 18.4 Å². The van der Waals surface area contributed by atoms with Gasteiger partial charge in [0.25, 0.3) is 0 Å². The van der Waals surface area contributed by atoms with Gasteiger partial charge in [-0.3, -0.25) is 14.3 Å². The Bertz CT molecular complexity index is 1300. The normalized spacial score (nSPS) is 13.6. The molecule has 0 amide bonds. The number of pyridine rings is 1. The highest BCUT2D eigenvalue weighted by atomic mass is 31.1. The third kappa shape index (κ3) is 6.09. The molecule has 3 unspecified atom stereocenters. The summed E-state index contributed by atoms with van der Waals surface area (Å²) in [5.74, 6) is -1.34. The first-order chi connectivity index (χ1) is 17.2. The summed E-state index contributed by atoms with van der Waals surface area (Å²) in [6.45, 7) is 5.52. The highest BCUT2D eigenvalue weighted by Gasteiger charge is 2.35. The first-order valence-electron chi connectivity index (χ1n) is 11.5. The molecule has 3 atom stereocenters. The Morgan fingerprint density at radius 1 is 1.17 bits per heavy atom. The van der Waals surface area contributed by atoms with E-state index in [9.17, 15) is 18.9 Å². The minimum absolute atomic E-state index is 0.150. The lowest BCUT2D eigenvalue weighted by atomic mass is 9.88. The van der Waals surface area contributed by atoms with Gasteiger partial charge in [0.15, 0.2) is 0 Å². The maximum Gasteiger partial charge on any atom is 0.322 e. The standard InChI is InChI=1S/C28H29FNO5P/c1-6-35-25(32)16-24(31)28(36(33)34-5)26-21(20-12-13-22(29)18(4)14-20)15-23(30-27(26)17(2)3)19-10-8-7-9-11-19/h1,7-15,17,24,28,31,36H,16H2,2-5H3. The van der Waals surface area contributed by atoms with Crippen LogP contribution in [0.15, 0.2) is 54.6 Å². The third-order valence-corrected chi connectivity index (χ3v) is 7.46. The van der Waals surface area contributed by atoms with E-state index in [0.29, 0.717) is 33.6 Å². The van der Waals surface area contributed by atoms with Crippen LogP contribution in [0, 0.1) is 25.3 Å². The molecule has 0 bridgehead atoms. The third-order valence-electron chi connectivity index (χ3n) is 5.87. The van der Waals surface area contributed by atoms with Crippen molar-refractivity contribution in [3.63, 3.8) is 0 Å². The summed E-state index contributed by atoms with van der Waals surface area (Å²) in [5, 5.41) is 11.1. The van der Waals surface area contributed by atoms with Crippen molar-refractivity contribution < 1.29 is 28.1 Å². The van der Waals surface area contributed by atoms with E-state index in [1.54, 1.807) is 25.2 Å². The maximum atomic E-state index is 14.2. The molecule has 3 rings (SSSR count). The van der Waals surface area contributed by atoms with Gasteiger partial charge in [0.05, 0.1) is 23.9 Å². The number of benzene rings is 2. The molecule has 1 heterocycles. The molecule has 0 aliphatic heterocycles. The van der Waals surface area contributed by atoms with Gasteiger partial charge < -0.3 is 14.4 Å². The number of ether oxygens (including phenoxy) is 1. The minimum Gasteiger partial charge on any atom is -0.391 e. The summed E-state index contributed by atoms with van der Waals surface area (Å²) in [7, 11) is -1.65. The number of rotatable bonds is 9. The molecule has 0 saturated carbocycles. The van der Waals surface area contributed by atoms with Crippen LogP contribution < -0.4 is 0 Å². The molecule has 3 aromatic rings. The van der Waals surface area contributed by atoms with Gasteiger partial charge in [0.1, 0.15) is 11.9 Å². The predicted octanol–water partition coefficient (Wildman–Crippen LogP) is 6.03. The van der Waals surface area contributed by atoms with E-state index in [1.165, 1.54) is 13.2 Å². The molecule has 2 aromatic carbocycles. The fraction of sp³-hybridized carbons (Fsp3) is 0.286. The van der Waals surface area contributed by atoms with Crippen LogP contribution in [0.5, 0.6) is 0 Å². The lowest BCUT2D eigenvalue weighted by Gasteiger charge is -2.28. The lowest BCUT2D eigenvalue weighted by molar-refractivity contribution is -0.139. The fourth-order valence-corrected chi connectivity index (χ4v) is 5.36. The Hall–Kier alpha value is -3.30. The van der Waals surface area contributed by atoms with Crippen LogP contribution in [0.1, 0.15) is 48.7 Å². The van der Waals surface area contributed by atoms with Crippen molar-refractivity contribution in [1.29, 1.82) is 0 Å². The topological polar surface area (TPSA) is 85.7 Å². The second kappa shape index (κ2) is 12.1. The number of aryl methyl sites for hydroxylation is 1. The largest absolute Gasteiger partial charge is 0.391 e. The first kappa shape index (κ1) is 27.3. The number of aliphatic hydroxyl groups excluding tert-OH is 1. The Labute approximate surface area is 211 Å². The van der Waals surface area contributed by atoms with Crippen LogP contribution in [-0.4, -0.2) is 29.3 Å². The van der Waals surface area contributed by atoms with Crippen molar-refractivity contribution in [2.45, 2.75) is 44.9 Å². The second-order valence-electron chi connectivity index (χ2n) is 8.70. The summed E-state index contributed by atoms with van der Waals surface area (Å²) in [6, 6.07) is 16.0. The quantitative estimate of drug-likeness (QED) is 0.215. The molecule has 1 aromatic heterocycles. The molecule has 0 radical (unpaired) electrons. The molecule has 0 saturated heterocycles. The van der Waals surface area contributed by atoms with Gasteiger partial charge >= 0.3 is 5.97 Å². The second-order valence-corrected chi connectivity index (χ2v) is 10.4. The van der Waals surface area contributed by atoms with Crippen molar-refractivity contribution in [2.75, 3.05) is 7.11 Å². The van der Waals surface area contributed by atoms with Gasteiger partial charge in [-0.2, -0.15) is 0 Å². The zero-order chi connectivity index (χ0) is 26.4. The first-order valence-corrected chi connectivity index (χ1v) is 12.8. The SMILES string of the molecule is C#COC(=O)CC(O)C(c1c(-c2ccc(F)c(C)c2)cc(-c2ccccc2)nc1C(C)C)[PH](=O)OC. The van der Waals surface area contributed by atoms with Gasteiger partial charge in [-0.25, -0.2) is 4.39 Å². The number of hydrogen-bond acceptors (Lipinski definition) is 6. The van der Waals surface area contributed by atoms with Gasteiger partial charge in [0.2, 0.25) is 8.03 Å². The van der Waals surface area contributed by atoms with E-state index < -0.39 is 32.2 Å². The summed E-state index contributed by atoms with van der Waals surface area (Å²) in [5.41, 5.74) is 3.18. The predicted molar refractivity (Wildman–Crippen MR) is 138 cm³/mol. The van der Waals surface area contributed by atoms with Crippen molar-refractivity contribution in [1.82, 2.24) is 4.98 Å². The summed E-state index contributed by atoms with van der Waals surface area (Å²) in [6.07, 6.45) is 4.91. The number of hydrogen-bond donors (Lipinski definition) is 1. The molecular weight excluding hydrogens is 480 g/mol. The molecule has 0 aliphatic carbocycles. The van der Waals surface area contributed by atoms with E-state index in [1.807, 2.05) is 50.2 Å². The fourth-order valence-electron chi connectivity index (χ4n) is 4.14. The smallest absolute Gasteiger partial charge is 0.322 e. The van der Waals surface area contributed by atoms with E-state index in [2.05, 4.69) is 4.74 Å². The number of terminal acetylenes is 1. The molecule has 6 nitrogen and oxygen atoms in total. The average Bonchev–Trinajstić information content (AvgIpc) is 2.86. The summed E-state index contributed by atoms with van der Waals surface area (Å²) < 4.78 is 37.2. The van der Waals surface area contributed by atoms with E-state index in [0.717, 1.165) is 5.56 Å². The Kier molecular flexibility index (Phi) is 9.17. The molecular formula is C28H29FNO5P. The van der Waals surface area contributed by atoms with Crippen LogP contribution in [0.3, 0.4) is 0 Å². The number of aromatic nitrogens is 1. The Morgan fingerprint density at radius 2 is 1.86 bits per heavy atom. The maximum absolute atomic E-state index is 14.2. The number of nitrogens with zero attached hydrogens (tertiary/aromatic N) is 1. The van der Waals surface area contributed by atoms with Crippen molar-refractivity contribution in [3.05, 3.63) is 77.2 Å². The van der Waals surface area contributed by atoms with Crippen LogP contribution >= 0.6 is 8.03 Å². The van der Waals surface area contributed by atoms with Crippen molar-refractivity contribution in [2.24, 2.45) is 0 Å². The number of halogens is 1. The van der Waals surface area contributed by atoms with Gasteiger partial charge in [-0.1, -0.05) is 56.7 Å². The molecule has 0 spiro atoms. The van der Waals surface area contributed by atoms with Gasteiger partial charge in [-0.05, 0) is 53.3 Å². The molecule has 8 heteroatoms. The Morgan fingerprint density at radius 3 is 2.44 bits per heavy atom. The van der Waals surface area contributed by atoms with Crippen molar-refractivity contribution in [3.8, 4) is 34.9 Å². The van der Waals surface area contributed by atoms with Crippen molar-refractivity contribution >= 4 is 14.0 Å². The lowest BCUT2D eigenvalue weighted by Crippen LogP contribution is -2.23. The minimum atomic E-state index is -2.93. The van der Waals surface area contributed by atoms with Gasteiger partial charge in [-0.15, -0.1) is 0 Å². The highest BCUT2D eigenvalue weighted by molar-refractivity contribution is 7.39. The number of carbonyl (C=O) groups excluding carboxylic acids is 1. The summed E-state index contributed by atoms with van der Waals surface area (Å²) >= 11 is 0. The number of aliphatic hydroxyl groups is 1. The van der Waals surface area contributed by atoms with E-state index in [4.69, 9.17) is 15.9 Å². The van der Waals surface area contributed by atoms with Crippen LogP contribution in [-0.2, 0) is 18.6 Å². The highest BCUT2D eigenvalue weighted by Crippen LogP contribution is 2.50. The van der Waals surface area contributed by atoms with Crippen LogP contribution in [0.25, 0.3) is 22.4 Å². The average molecular weight is 510 g/mol. The van der Waals surface area contributed by atoms with E-state index >= 15 is 0 Å². The number of esters is 1. The van der Waals surface area contributed by atoms with Crippen LogP contribution in [0.4, 0.5) is 4.39 Å². The summed E-state index contributed by atoms with van der Waals surface area (Å²) in [4.78, 5) is 17.0. The monoisotopic (exact) mass is 509 g/mol. The zero-order valence-electron chi connectivity index (χ0n) is 20.6.